The van der Waals surface area contributed by atoms with E-state index < -0.39 is 0 Å². The zero-order chi connectivity index (χ0) is 12.4. The number of benzene rings is 1. The smallest absolute Gasteiger partial charge is 0.269 e. The molecule has 2 rings (SSSR count). The first-order chi connectivity index (χ1) is 8.11. The Morgan fingerprint density at radius 1 is 1.53 bits per heavy atom. The molecule has 1 unspecified atom stereocenters. The summed E-state index contributed by atoms with van der Waals surface area (Å²) in [4.78, 5) is 10.3. The van der Waals surface area contributed by atoms with Gasteiger partial charge in [-0.1, -0.05) is 6.07 Å². The average molecular weight is 234 g/mol. The van der Waals surface area contributed by atoms with Crippen LogP contribution in [0.25, 0.3) is 0 Å². The van der Waals surface area contributed by atoms with Crippen molar-refractivity contribution in [3.63, 3.8) is 0 Å². The summed E-state index contributed by atoms with van der Waals surface area (Å²) < 4.78 is 0. The fourth-order valence-corrected chi connectivity index (χ4v) is 2.26. The molecule has 1 atom stereocenters. The first-order valence-electron chi connectivity index (χ1n) is 6.03. The van der Waals surface area contributed by atoms with Gasteiger partial charge in [0.25, 0.3) is 5.69 Å². The number of nitro groups is 1. The molecule has 0 radical (unpaired) electrons. The van der Waals surface area contributed by atoms with Crippen LogP contribution in [0.15, 0.2) is 18.2 Å². The molecular formula is C13H18N2O2. The first kappa shape index (κ1) is 12.0. The van der Waals surface area contributed by atoms with Crippen LogP contribution in [0.4, 0.5) is 5.69 Å². The fourth-order valence-electron chi connectivity index (χ4n) is 2.26. The highest BCUT2D eigenvalue weighted by Gasteiger charge is 2.30. The van der Waals surface area contributed by atoms with Crippen LogP contribution >= 0.6 is 0 Å². The van der Waals surface area contributed by atoms with Crippen molar-refractivity contribution in [2.75, 3.05) is 7.05 Å². The molecule has 1 N–H and O–H groups in total. The minimum absolute atomic E-state index is 0.179. The van der Waals surface area contributed by atoms with Crippen molar-refractivity contribution in [2.45, 2.75) is 32.2 Å². The predicted molar refractivity (Wildman–Crippen MR) is 67.1 cm³/mol. The van der Waals surface area contributed by atoms with Gasteiger partial charge < -0.3 is 5.32 Å². The molecule has 1 fully saturated rings. The lowest BCUT2D eigenvalue weighted by atomic mass is 9.98. The lowest BCUT2D eigenvalue weighted by Gasteiger charge is -2.16. The van der Waals surface area contributed by atoms with Gasteiger partial charge in [-0.3, -0.25) is 10.1 Å². The maximum atomic E-state index is 10.7. The van der Waals surface area contributed by atoms with Gasteiger partial charge in [0.1, 0.15) is 0 Å². The van der Waals surface area contributed by atoms with E-state index in [0.29, 0.717) is 6.04 Å². The van der Waals surface area contributed by atoms with Crippen molar-refractivity contribution in [1.82, 2.24) is 5.32 Å². The number of nitrogens with zero attached hydrogens (tertiary/aromatic N) is 1. The third-order valence-electron chi connectivity index (χ3n) is 3.54. The van der Waals surface area contributed by atoms with E-state index in [-0.39, 0.29) is 10.6 Å². The van der Waals surface area contributed by atoms with E-state index in [1.165, 1.54) is 18.4 Å². The SMILES string of the molecule is CNC(Cc1ccc([N+](=O)[O-])cc1C)C1CC1. The van der Waals surface area contributed by atoms with E-state index in [0.717, 1.165) is 17.9 Å². The summed E-state index contributed by atoms with van der Waals surface area (Å²) in [5.41, 5.74) is 2.40. The van der Waals surface area contributed by atoms with Gasteiger partial charge in [0, 0.05) is 18.2 Å². The third kappa shape index (κ3) is 2.82. The highest BCUT2D eigenvalue weighted by Crippen LogP contribution is 2.34. The lowest BCUT2D eigenvalue weighted by Crippen LogP contribution is -2.29. The Kier molecular flexibility index (Phi) is 3.43. The molecule has 0 bridgehead atoms. The summed E-state index contributed by atoms with van der Waals surface area (Å²) in [5.74, 6) is 0.787. The zero-order valence-corrected chi connectivity index (χ0v) is 10.3. The van der Waals surface area contributed by atoms with E-state index in [2.05, 4.69) is 5.32 Å². The molecule has 4 heteroatoms. The van der Waals surface area contributed by atoms with Gasteiger partial charge in [-0.05, 0) is 50.3 Å². The Morgan fingerprint density at radius 2 is 2.24 bits per heavy atom. The number of aryl methyl sites for hydroxylation is 1. The van der Waals surface area contributed by atoms with E-state index in [4.69, 9.17) is 0 Å². The molecule has 1 saturated carbocycles. The monoisotopic (exact) mass is 234 g/mol. The van der Waals surface area contributed by atoms with Crippen molar-refractivity contribution < 1.29 is 4.92 Å². The minimum atomic E-state index is -0.340. The van der Waals surface area contributed by atoms with Gasteiger partial charge in [-0.15, -0.1) is 0 Å². The molecule has 0 amide bonds. The largest absolute Gasteiger partial charge is 0.316 e. The third-order valence-corrected chi connectivity index (χ3v) is 3.54. The number of rotatable bonds is 5. The number of hydrogen-bond donors (Lipinski definition) is 1. The average Bonchev–Trinajstić information content (AvgIpc) is 3.11. The van der Waals surface area contributed by atoms with Crippen molar-refractivity contribution in [3.8, 4) is 0 Å². The second-order valence-corrected chi connectivity index (χ2v) is 4.80. The van der Waals surface area contributed by atoms with Gasteiger partial charge >= 0.3 is 0 Å². The predicted octanol–water partition coefficient (Wildman–Crippen LogP) is 2.44. The first-order valence-corrected chi connectivity index (χ1v) is 6.03. The Labute approximate surface area is 101 Å². The van der Waals surface area contributed by atoms with E-state index >= 15 is 0 Å². The molecular weight excluding hydrogens is 216 g/mol. The molecule has 1 aliphatic rings. The van der Waals surface area contributed by atoms with Gasteiger partial charge in [0.15, 0.2) is 0 Å². The fraction of sp³-hybridized carbons (Fsp3) is 0.538. The standard InChI is InChI=1S/C13H18N2O2/c1-9-7-12(15(16)17)6-5-11(9)8-13(14-2)10-3-4-10/h5-7,10,13-14H,3-4,8H2,1-2H3. The summed E-state index contributed by atoms with van der Waals surface area (Å²) in [6.45, 7) is 1.95. The molecule has 0 saturated heterocycles. The molecule has 0 aromatic heterocycles. The Morgan fingerprint density at radius 3 is 2.71 bits per heavy atom. The molecule has 0 aliphatic heterocycles. The van der Waals surface area contributed by atoms with Gasteiger partial charge in [-0.25, -0.2) is 0 Å². The molecule has 1 aliphatic carbocycles. The second-order valence-electron chi connectivity index (χ2n) is 4.80. The van der Waals surface area contributed by atoms with Crippen LogP contribution in [-0.4, -0.2) is 18.0 Å². The Bertz CT molecular complexity index is 427. The highest BCUT2D eigenvalue weighted by molar-refractivity contribution is 5.39. The number of nitrogens with one attached hydrogen (secondary N) is 1. The van der Waals surface area contributed by atoms with Crippen LogP contribution in [-0.2, 0) is 6.42 Å². The normalized spacial score (nSPS) is 16.8. The quantitative estimate of drug-likeness (QED) is 0.629. The van der Waals surface area contributed by atoms with Gasteiger partial charge in [-0.2, -0.15) is 0 Å². The minimum Gasteiger partial charge on any atom is -0.316 e. The summed E-state index contributed by atoms with van der Waals surface area (Å²) in [7, 11) is 1.99. The van der Waals surface area contributed by atoms with Crippen molar-refractivity contribution in [3.05, 3.63) is 39.4 Å². The maximum absolute atomic E-state index is 10.7. The zero-order valence-electron chi connectivity index (χ0n) is 10.3. The van der Waals surface area contributed by atoms with Crippen LogP contribution < -0.4 is 5.32 Å². The van der Waals surface area contributed by atoms with E-state index in [1.807, 2.05) is 20.0 Å². The van der Waals surface area contributed by atoms with Crippen LogP contribution in [0.1, 0.15) is 24.0 Å². The van der Waals surface area contributed by atoms with Crippen LogP contribution in [0.5, 0.6) is 0 Å². The number of non-ortho nitro benzene ring substituents is 1. The highest BCUT2D eigenvalue weighted by atomic mass is 16.6. The van der Waals surface area contributed by atoms with Gasteiger partial charge in [0.2, 0.25) is 0 Å². The molecule has 1 aromatic carbocycles. The summed E-state index contributed by atoms with van der Waals surface area (Å²) >= 11 is 0. The number of nitro benzene ring substituents is 1. The second kappa shape index (κ2) is 4.84. The van der Waals surface area contributed by atoms with Crippen molar-refractivity contribution in [1.29, 1.82) is 0 Å². The Hall–Kier alpha value is -1.42. The van der Waals surface area contributed by atoms with Gasteiger partial charge in [0.05, 0.1) is 4.92 Å². The van der Waals surface area contributed by atoms with E-state index in [1.54, 1.807) is 12.1 Å². The molecule has 4 nitrogen and oxygen atoms in total. The van der Waals surface area contributed by atoms with Crippen molar-refractivity contribution in [2.24, 2.45) is 5.92 Å². The molecule has 0 spiro atoms. The number of likely N-dealkylation sites (N-methyl/N-ethyl adjacent to an activating group) is 1. The van der Waals surface area contributed by atoms with E-state index in [9.17, 15) is 10.1 Å². The summed E-state index contributed by atoms with van der Waals surface area (Å²) in [6.07, 6.45) is 3.57. The molecule has 17 heavy (non-hydrogen) atoms. The maximum Gasteiger partial charge on any atom is 0.269 e. The van der Waals surface area contributed by atoms with Crippen LogP contribution in [0.2, 0.25) is 0 Å². The number of hydrogen-bond acceptors (Lipinski definition) is 3. The summed E-state index contributed by atoms with van der Waals surface area (Å²) in [6, 6.07) is 5.66. The lowest BCUT2D eigenvalue weighted by molar-refractivity contribution is -0.384. The molecule has 92 valence electrons. The summed E-state index contributed by atoms with van der Waals surface area (Å²) in [5, 5.41) is 14.0. The topological polar surface area (TPSA) is 55.2 Å². The van der Waals surface area contributed by atoms with Crippen LogP contribution in [0, 0.1) is 23.0 Å². The Balaban J connectivity index is 2.12. The van der Waals surface area contributed by atoms with Crippen molar-refractivity contribution >= 4 is 5.69 Å². The van der Waals surface area contributed by atoms with Crippen LogP contribution in [0.3, 0.4) is 0 Å². The molecule has 1 aromatic rings. The molecule has 0 heterocycles.